The molecule has 3 rings (SSSR count). The zero-order chi connectivity index (χ0) is 15.5. The van der Waals surface area contributed by atoms with Gasteiger partial charge in [-0.1, -0.05) is 18.7 Å². The number of benzene rings is 1. The van der Waals surface area contributed by atoms with E-state index >= 15 is 0 Å². The number of aromatic nitrogens is 3. The van der Waals surface area contributed by atoms with Crippen LogP contribution in [0.2, 0.25) is 0 Å². The van der Waals surface area contributed by atoms with E-state index in [1.54, 1.807) is 30.1 Å². The first kappa shape index (κ1) is 14.6. The molecule has 0 amide bonds. The molecule has 4 N–H and O–H groups in total. The molecule has 0 aliphatic rings. The molecule has 2 aromatic heterocycles. The van der Waals surface area contributed by atoms with Gasteiger partial charge in [-0.3, -0.25) is 4.40 Å². The number of hydrogen-bond donors (Lipinski definition) is 2. The van der Waals surface area contributed by atoms with E-state index in [1.165, 1.54) is 0 Å². The lowest BCUT2D eigenvalue weighted by molar-refractivity contribution is 0.281. The van der Waals surface area contributed by atoms with Gasteiger partial charge in [0.05, 0.1) is 5.69 Å². The summed E-state index contributed by atoms with van der Waals surface area (Å²) in [6.07, 6.45) is 3.64. The van der Waals surface area contributed by atoms with Crippen molar-refractivity contribution < 1.29 is 9.68 Å². The lowest BCUT2D eigenvalue weighted by Gasteiger charge is -2.10. The van der Waals surface area contributed by atoms with Crippen molar-refractivity contribution in [2.24, 2.45) is 11.8 Å². The standard InChI is InChI=1S/C14H15N5O2S/c1-2-22-14-18-10(8-13-17-5-6-19(13)14)9-3-4-11(20-15)12(7-9)21-16/h3-8H,2,15-16H2,1H3. The van der Waals surface area contributed by atoms with Gasteiger partial charge in [-0.05, 0) is 24.0 Å². The molecule has 0 atom stereocenters. The number of fused-ring (bicyclic) bond motifs is 1. The molecule has 0 saturated carbocycles. The van der Waals surface area contributed by atoms with Gasteiger partial charge in [0, 0.05) is 24.0 Å². The maximum atomic E-state index is 5.25. The fraction of sp³-hybridized carbons (Fsp3) is 0.143. The Hall–Kier alpha value is -2.29. The number of rotatable bonds is 5. The van der Waals surface area contributed by atoms with Crippen LogP contribution in [0.25, 0.3) is 16.9 Å². The minimum Gasteiger partial charge on any atom is -0.407 e. The Balaban J connectivity index is 2.13. The first-order valence-electron chi connectivity index (χ1n) is 6.61. The van der Waals surface area contributed by atoms with Gasteiger partial charge in [-0.15, -0.1) is 0 Å². The van der Waals surface area contributed by atoms with E-state index in [-0.39, 0.29) is 0 Å². The zero-order valence-corrected chi connectivity index (χ0v) is 12.7. The molecule has 0 unspecified atom stereocenters. The maximum absolute atomic E-state index is 5.25. The molecule has 3 aromatic rings. The van der Waals surface area contributed by atoms with Gasteiger partial charge in [0.15, 0.2) is 16.7 Å². The van der Waals surface area contributed by atoms with Crippen molar-refractivity contribution in [3.63, 3.8) is 0 Å². The quantitative estimate of drug-likeness (QED) is 0.422. The number of nitrogens with two attached hydrogens (primary N) is 2. The molecule has 8 heteroatoms. The fourth-order valence-corrected chi connectivity index (χ4v) is 2.85. The minimum atomic E-state index is 0.342. The van der Waals surface area contributed by atoms with E-state index in [0.717, 1.165) is 27.8 Å². The molecule has 0 saturated heterocycles. The van der Waals surface area contributed by atoms with Crippen molar-refractivity contribution in [1.82, 2.24) is 14.4 Å². The summed E-state index contributed by atoms with van der Waals surface area (Å²) in [5.74, 6) is 12.0. The molecule has 0 aliphatic heterocycles. The van der Waals surface area contributed by atoms with Crippen LogP contribution in [-0.4, -0.2) is 20.1 Å². The molecule has 0 radical (unpaired) electrons. The summed E-state index contributed by atoms with van der Waals surface area (Å²) in [4.78, 5) is 18.5. The Labute approximate surface area is 131 Å². The molecular formula is C14H15N5O2S. The van der Waals surface area contributed by atoms with Crippen LogP contribution in [0.5, 0.6) is 11.5 Å². The third-order valence-corrected chi connectivity index (χ3v) is 3.96. The van der Waals surface area contributed by atoms with Gasteiger partial charge in [0.25, 0.3) is 0 Å². The van der Waals surface area contributed by atoms with Gasteiger partial charge in [0.1, 0.15) is 5.65 Å². The van der Waals surface area contributed by atoms with Crippen molar-refractivity contribution in [2.75, 3.05) is 5.75 Å². The van der Waals surface area contributed by atoms with Crippen LogP contribution in [-0.2, 0) is 0 Å². The molecular weight excluding hydrogens is 302 g/mol. The Morgan fingerprint density at radius 2 is 2.00 bits per heavy atom. The molecule has 0 aliphatic carbocycles. The molecule has 2 heterocycles. The van der Waals surface area contributed by atoms with Crippen molar-refractivity contribution in [3.05, 3.63) is 36.7 Å². The highest BCUT2D eigenvalue weighted by Gasteiger charge is 2.12. The summed E-state index contributed by atoms with van der Waals surface area (Å²) in [7, 11) is 0. The smallest absolute Gasteiger partial charge is 0.191 e. The summed E-state index contributed by atoms with van der Waals surface area (Å²) in [5, 5.41) is 0.877. The second kappa shape index (κ2) is 6.22. The monoisotopic (exact) mass is 317 g/mol. The van der Waals surface area contributed by atoms with E-state index in [9.17, 15) is 0 Å². The normalized spacial score (nSPS) is 10.9. The van der Waals surface area contributed by atoms with Gasteiger partial charge >= 0.3 is 0 Å². The van der Waals surface area contributed by atoms with Crippen LogP contribution in [0.1, 0.15) is 6.92 Å². The molecule has 7 nitrogen and oxygen atoms in total. The first-order chi connectivity index (χ1) is 10.8. The molecule has 0 fully saturated rings. The predicted molar refractivity (Wildman–Crippen MR) is 84.5 cm³/mol. The van der Waals surface area contributed by atoms with Crippen LogP contribution in [0.15, 0.2) is 41.8 Å². The van der Waals surface area contributed by atoms with Crippen molar-refractivity contribution in [2.45, 2.75) is 12.1 Å². The van der Waals surface area contributed by atoms with Crippen molar-refractivity contribution in [1.29, 1.82) is 0 Å². The Morgan fingerprint density at radius 3 is 2.73 bits per heavy atom. The Kier molecular flexibility index (Phi) is 4.14. The molecule has 0 bridgehead atoms. The summed E-state index contributed by atoms with van der Waals surface area (Å²) in [6, 6.07) is 7.15. The summed E-state index contributed by atoms with van der Waals surface area (Å²) >= 11 is 1.65. The highest BCUT2D eigenvalue weighted by Crippen LogP contribution is 2.32. The average Bonchev–Trinajstić information content (AvgIpc) is 3.03. The van der Waals surface area contributed by atoms with Crippen LogP contribution in [0, 0.1) is 0 Å². The van der Waals surface area contributed by atoms with Crippen LogP contribution >= 0.6 is 11.8 Å². The molecule has 1 aromatic carbocycles. The summed E-state index contributed by atoms with van der Waals surface area (Å²) in [5.41, 5.74) is 2.44. The minimum absolute atomic E-state index is 0.342. The predicted octanol–water partition coefficient (Wildman–Crippen LogP) is 2.01. The lowest BCUT2D eigenvalue weighted by atomic mass is 10.1. The van der Waals surface area contributed by atoms with E-state index in [1.807, 2.05) is 22.7 Å². The number of imidazole rings is 1. The topological polar surface area (TPSA) is 101 Å². The van der Waals surface area contributed by atoms with Gasteiger partial charge in [0.2, 0.25) is 0 Å². The van der Waals surface area contributed by atoms with Crippen molar-refractivity contribution >= 4 is 17.4 Å². The molecule has 22 heavy (non-hydrogen) atoms. The number of nitrogens with zero attached hydrogens (tertiary/aromatic N) is 3. The number of hydrogen-bond acceptors (Lipinski definition) is 7. The largest absolute Gasteiger partial charge is 0.407 e. The van der Waals surface area contributed by atoms with Gasteiger partial charge < -0.3 is 9.68 Å². The highest BCUT2D eigenvalue weighted by atomic mass is 32.2. The second-order valence-corrected chi connectivity index (χ2v) is 5.64. The third-order valence-electron chi connectivity index (χ3n) is 3.12. The average molecular weight is 317 g/mol. The Morgan fingerprint density at radius 1 is 1.18 bits per heavy atom. The van der Waals surface area contributed by atoms with Crippen LogP contribution in [0.4, 0.5) is 0 Å². The SMILES string of the molecule is CCSc1nc(-c2ccc(ON)c(ON)c2)cc2nccn12. The Bertz CT molecular complexity index is 805. The second-order valence-electron chi connectivity index (χ2n) is 4.41. The van der Waals surface area contributed by atoms with Gasteiger partial charge in [-0.2, -0.15) is 11.8 Å². The van der Waals surface area contributed by atoms with E-state index in [2.05, 4.69) is 16.9 Å². The maximum Gasteiger partial charge on any atom is 0.191 e. The van der Waals surface area contributed by atoms with E-state index in [0.29, 0.717) is 11.5 Å². The van der Waals surface area contributed by atoms with Crippen LogP contribution < -0.4 is 21.5 Å². The van der Waals surface area contributed by atoms with Crippen LogP contribution in [0.3, 0.4) is 0 Å². The van der Waals surface area contributed by atoms with E-state index < -0.39 is 0 Å². The number of thioether (sulfide) groups is 1. The first-order valence-corrected chi connectivity index (χ1v) is 7.60. The van der Waals surface area contributed by atoms with Crippen molar-refractivity contribution in [3.8, 4) is 22.8 Å². The summed E-state index contributed by atoms with van der Waals surface area (Å²) < 4.78 is 1.95. The van der Waals surface area contributed by atoms with Gasteiger partial charge in [-0.25, -0.2) is 9.97 Å². The third kappa shape index (κ3) is 2.59. The zero-order valence-electron chi connectivity index (χ0n) is 11.9. The van der Waals surface area contributed by atoms with E-state index in [4.69, 9.17) is 21.5 Å². The lowest BCUT2D eigenvalue weighted by Crippen LogP contribution is -2.08. The molecule has 0 spiro atoms. The highest BCUT2D eigenvalue weighted by molar-refractivity contribution is 7.99. The summed E-state index contributed by atoms with van der Waals surface area (Å²) in [6.45, 7) is 2.08. The molecule has 114 valence electrons. The fourth-order valence-electron chi connectivity index (χ4n) is 2.13.